The lowest BCUT2D eigenvalue weighted by molar-refractivity contribution is 0.569. The van der Waals surface area contributed by atoms with E-state index in [1.54, 1.807) is 35.6 Å². The second-order valence-corrected chi connectivity index (χ2v) is 9.00. The molecule has 1 unspecified atom stereocenters. The molecule has 142 valence electrons. The van der Waals surface area contributed by atoms with E-state index in [0.717, 1.165) is 13.0 Å². The standard InChI is InChI=1S/C19H27N3O2S2/c1-3-16(15-26(23,24)18-10-6-5-7-11-18)22-19(20-4-2)21-13-12-17-9-8-14-25-17/h5-11,14,16H,3-4,12-13,15H2,1-2H3,(H2,20,21,22). The second kappa shape index (κ2) is 10.3. The van der Waals surface area contributed by atoms with E-state index in [4.69, 9.17) is 0 Å². The largest absolute Gasteiger partial charge is 0.357 e. The van der Waals surface area contributed by atoms with Gasteiger partial charge in [-0.15, -0.1) is 11.3 Å². The van der Waals surface area contributed by atoms with Gasteiger partial charge < -0.3 is 10.6 Å². The van der Waals surface area contributed by atoms with Crippen molar-refractivity contribution in [1.82, 2.24) is 10.6 Å². The maximum atomic E-state index is 12.6. The highest BCUT2D eigenvalue weighted by atomic mass is 32.2. The summed E-state index contributed by atoms with van der Waals surface area (Å²) in [5.41, 5.74) is 0. The van der Waals surface area contributed by atoms with E-state index in [1.165, 1.54) is 4.88 Å². The summed E-state index contributed by atoms with van der Waals surface area (Å²) in [6.07, 6.45) is 1.58. The minimum atomic E-state index is -3.33. The summed E-state index contributed by atoms with van der Waals surface area (Å²) in [4.78, 5) is 6.24. The Labute approximate surface area is 160 Å². The maximum absolute atomic E-state index is 12.6. The summed E-state index contributed by atoms with van der Waals surface area (Å²) in [5.74, 6) is 0.710. The Balaban J connectivity index is 2.00. The van der Waals surface area contributed by atoms with Gasteiger partial charge in [0.15, 0.2) is 15.8 Å². The lowest BCUT2D eigenvalue weighted by atomic mass is 10.2. The number of nitrogens with zero attached hydrogens (tertiary/aromatic N) is 1. The van der Waals surface area contributed by atoms with Crippen molar-refractivity contribution in [3.8, 4) is 0 Å². The Bertz CT molecular complexity index is 772. The zero-order chi connectivity index (χ0) is 18.8. The van der Waals surface area contributed by atoms with E-state index in [0.29, 0.717) is 23.8 Å². The number of rotatable bonds is 9. The van der Waals surface area contributed by atoms with E-state index in [1.807, 2.05) is 26.0 Å². The molecule has 0 saturated heterocycles. The predicted octanol–water partition coefficient (Wildman–Crippen LogP) is 3.10. The van der Waals surface area contributed by atoms with Gasteiger partial charge in [-0.05, 0) is 36.9 Å². The minimum Gasteiger partial charge on any atom is -0.357 e. The van der Waals surface area contributed by atoms with E-state index >= 15 is 0 Å². The molecule has 0 bridgehead atoms. The van der Waals surface area contributed by atoms with Crippen LogP contribution in [-0.4, -0.2) is 39.3 Å². The van der Waals surface area contributed by atoms with Gasteiger partial charge in [0.2, 0.25) is 0 Å². The van der Waals surface area contributed by atoms with Crippen LogP contribution in [0.4, 0.5) is 0 Å². The summed E-state index contributed by atoms with van der Waals surface area (Å²) in [6.45, 7) is 5.37. The maximum Gasteiger partial charge on any atom is 0.191 e. The highest BCUT2D eigenvalue weighted by molar-refractivity contribution is 7.91. The van der Waals surface area contributed by atoms with Crippen LogP contribution in [0.1, 0.15) is 25.1 Å². The number of thiophene rings is 1. The molecule has 0 aliphatic rings. The van der Waals surface area contributed by atoms with Gasteiger partial charge in [-0.1, -0.05) is 31.2 Å². The fraction of sp³-hybridized carbons (Fsp3) is 0.421. The summed E-state index contributed by atoms with van der Waals surface area (Å²) >= 11 is 1.72. The molecule has 1 heterocycles. The van der Waals surface area contributed by atoms with E-state index < -0.39 is 9.84 Å². The van der Waals surface area contributed by atoms with Crippen molar-refractivity contribution >= 4 is 27.1 Å². The van der Waals surface area contributed by atoms with Crippen LogP contribution in [0.5, 0.6) is 0 Å². The van der Waals surface area contributed by atoms with Crippen molar-refractivity contribution in [1.29, 1.82) is 0 Å². The van der Waals surface area contributed by atoms with Crippen molar-refractivity contribution in [2.45, 2.75) is 37.6 Å². The molecule has 1 aromatic carbocycles. The van der Waals surface area contributed by atoms with Crippen molar-refractivity contribution in [2.24, 2.45) is 4.99 Å². The number of hydrogen-bond acceptors (Lipinski definition) is 4. The van der Waals surface area contributed by atoms with Gasteiger partial charge in [-0.3, -0.25) is 4.99 Å². The van der Waals surface area contributed by atoms with Gasteiger partial charge in [0.05, 0.1) is 10.6 Å². The normalized spacial score (nSPS) is 13.4. The van der Waals surface area contributed by atoms with Crippen molar-refractivity contribution < 1.29 is 8.42 Å². The molecule has 2 aromatic rings. The Hall–Kier alpha value is -1.86. The molecule has 0 aliphatic carbocycles. The van der Waals surface area contributed by atoms with Gasteiger partial charge in [-0.25, -0.2) is 8.42 Å². The van der Waals surface area contributed by atoms with Crippen molar-refractivity contribution in [2.75, 3.05) is 18.8 Å². The Kier molecular flexibility index (Phi) is 8.12. The molecule has 0 fully saturated rings. The molecule has 0 radical (unpaired) electrons. The molecule has 7 heteroatoms. The van der Waals surface area contributed by atoms with Crippen LogP contribution in [0.15, 0.2) is 57.7 Å². The third kappa shape index (κ3) is 6.46. The topological polar surface area (TPSA) is 70.6 Å². The predicted molar refractivity (Wildman–Crippen MR) is 110 cm³/mol. The molecular weight excluding hydrogens is 366 g/mol. The average Bonchev–Trinajstić information content (AvgIpc) is 3.15. The van der Waals surface area contributed by atoms with E-state index in [9.17, 15) is 8.42 Å². The molecule has 0 saturated carbocycles. The third-order valence-electron chi connectivity index (χ3n) is 3.91. The molecule has 2 rings (SSSR count). The average molecular weight is 394 g/mol. The molecule has 1 aromatic heterocycles. The van der Waals surface area contributed by atoms with Crippen molar-refractivity contribution in [3.05, 3.63) is 52.7 Å². The zero-order valence-corrected chi connectivity index (χ0v) is 16.9. The lowest BCUT2D eigenvalue weighted by Gasteiger charge is -2.20. The molecule has 2 N–H and O–H groups in total. The van der Waals surface area contributed by atoms with Crippen LogP contribution in [0.2, 0.25) is 0 Å². The molecule has 1 atom stereocenters. The number of aliphatic imine (C=N–C) groups is 1. The van der Waals surface area contributed by atoms with Gasteiger partial charge in [0.25, 0.3) is 0 Å². The molecule has 0 aliphatic heterocycles. The Morgan fingerprint density at radius 3 is 2.54 bits per heavy atom. The van der Waals surface area contributed by atoms with Gasteiger partial charge in [0, 0.05) is 30.4 Å². The molecule has 5 nitrogen and oxygen atoms in total. The Morgan fingerprint density at radius 2 is 1.92 bits per heavy atom. The summed E-state index contributed by atoms with van der Waals surface area (Å²) in [5, 5.41) is 8.53. The van der Waals surface area contributed by atoms with Gasteiger partial charge in [-0.2, -0.15) is 0 Å². The van der Waals surface area contributed by atoms with E-state index in [2.05, 4.69) is 27.1 Å². The van der Waals surface area contributed by atoms with Crippen LogP contribution in [0.3, 0.4) is 0 Å². The number of nitrogens with one attached hydrogen (secondary N) is 2. The first-order valence-electron chi connectivity index (χ1n) is 8.90. The molecule has 0 amide bonds. The minimum absolute atomic E-state index is 0.0445. The quantitative estimate of drug-likeness (QED) is 0.507. The second-order valence-electron chi connectivity index (χ2n) is 5.93. The molecule has 26 heavy (non-hydrogen) atoms. The summed E-state index contributed by atoms with van der Waals surface area (Å²) in [6, 6.07) is 12.5. The first kappa shape index (κ1) is 20.5. The Morgan fingerprint density at radius 1 is 1.15 bits per heavy atom. The first-order valence-corrected chi connectivity index (χ1v) is 11.4. The van der Waals surface area contributed by atoms with Crippen LogP contribution < -0.4 is 10.6 Å². The van der Waals surface area contributed by atoms with Gasteiger partial charge >= 0.3 is 0 Å². The van der Waals surface area contributed by atoms with Crippen LogP contribution >= 0.6 is 11.3 Å². The molecule has 0 spiro atoms. The monoisotopic (exact) mass is 393 g/mol. The lowest BCUT2D eigenvalue weighted by Crippen LogP contribution is -2.46. The highest BCUT2D eigenvalue weighted by Gasteiger charge is 2.20. The van der Waals surface area contributed by atoms with Crippen LogP contribution in [-0.2, 0) is 16.3 Å². The fourth-order valence-corrected chi connectivity index (χ4v) is 4.81. The van der Waals surface area contributed by atoms with Crippen molar-refractivity contribution in [3.63, 3.8) is 0 Å². The first-order chi connectivity index (χ1) is 12.5. The summed E-state index contributed by atoms with van der Waals surface area (Å²) < 4.78 is 25.2. The number of sulfone groups is 1. The zero-order valence-electron chi connectivity index (χ0n) is 15.3. The SMILES string of the molecule is CCNC(=NCCc1cccs1)NC(CC)CS(=O)(=O)c1ccccc1. The fourth-order valence-electron chi connectivity index (χ4n) is 2.50. The molecular formula is C19H27N3O2S2. The van der Waals surface area contributed by atoms with Crippen LogP contribution in [0.25, 0.3) is 0 Å². The highest BCUT2D eigenvalue weighted by Crippen LogP contribution is 2.12. The number of hydrogen-bond donors (Lipinski definition) is 2. The third-order valence-corrected chi connectivity index (χ3v) is 6.68. The summed E-state index contributed by atoms with van der Waals surface area (Å²) in [7, 11) is -3.33. The van der Waals surface area contributed by atoms with Gasteiger partial charge in [0.1, 0.15) is 0 Å². The van der Waals surface area contributed by atoms with E-state index in [-0.39, 0.29) is 11.8 Å². The number of guanidine groups is 1. The smallest absolute Gasteiger partial charge is 0.191 e. The number of benzene rings is 1. The van der Waals surface area contributed by atoms with Crippen LogP contribution in [0, 0.1) is 0 Å².